The van der Waals surface area contributed by atoms with Crippen LogP contribution in [0, 0.1) is 0 Å². The molecule has 7 nitrogen and oxygen atoms in total. The van der Waals surface area contributed by atoms with Crippen LogP contribution in [0.15, 0.2) is 36.5 Å². The Hall–Kier alpha value is -2.56. The first-order valence-electron chi connectivity index (χ1n) is 9.18. The van der Waals surface area contributed by atoms with Crippen LogP contribution in [0.1, 0.15) is 18.4 Å². The molecule has 12 heteroatoms. The molecule has 1 saturated heterocycles. The summed E-state index contributed by atoms with van der Waals surface area (Å²) in [5.74, 6) is 0.770. The number of alkyl halides is 3. The van der Waals surface area contributed by atoms with Gasteiger partial charge < -0.3 is 21.7 Å². The molecule has 1 aliphatic rings. The Morgan fingerprint density at radius 2 is 1.90 bits per heavy atom. The molecule has 1 aromatic carbocycles. The molecule has 3 heterocycles. The number of nitrogens with one attached hydrogen (secondary N) is 1. The fraction of sp³-hybridized carbons (Fsp3) is 0.316. The Kier molecular flexibility index (Phi) is 7.74. The summed E-state index contributed by atoms with van der Waals surface area (Å²) in [4.78, 5) is 15.4. The number of nitrogens with zero attached hydrogens (tertiary/aromatic N) is 4. The number of anilines is 4. The van der Waals surface area contributed by atoms with Crippen LogP contribution in [0.2, 0.25) is 0 Å². The van der Waals surface area contributed by atoms with E-state index in [0.717, 1.165) is 31.5 Å². The summed E-state index contributed by atoms with van der Waals surface area (Å²) >= 11 is 0. The van der Waals surface area contributed by atoms with Crippen LogP contribution in [-0.4, -0.2) is 34.1 Å². The second kappa shape index (κ2) is 9.71. The van der Waals surface area contributed by atoms with Gasteiger partial charge in [0.15, 0.2) is 5.82 Å². The minimum Gasteiger partial charge on any atom is -0.399 e. The molecule has 0 spiro atoms. The molecular weight excluding hydrogens is 454 g/mol. The quantitative estimate of drug-likeness (QED) is 0.488. The molecule has 0 saturated carbocycles. The number of hydrogen-bond acceptors (Lipinski definition) is 7. The van der Waals surface area contributed by atoms with Gasteiger partial charge >= 0.3 is 6.18 Å². The van der Waals surface area contributed by atoms with Gasteiger partial charge in [-0.3, -0.25) is 4.98 Å². The molecule has 1 unspecified atom stereocenters. The second-order valence-corrected chi connectivity index (χ2v) is 7.06. The average molecular weight is 476 g/mol. The first kappa shape index (κ1) is 24.7. The largest absolute Gasteiger partial charge is 0.416 e. The number of hydrogen-bond donors (Lipinski definition) is 3. The molecule has 5 N–H and O–H groups in total. The summed E-state index contributed by atoms with van der Waals surface area (Å²) in [6.07, 6.45) is -0.997. The molecule has 31 heavy (non-hydrogen) atoms. The van der Waals surface area contributed by atoms with Crippen LogP contribution < -0.4 is 21.7 Å². The van der Waals surface area contributed by atoms with Gasteiger partial charge in [-0.25, -0.2) is 4.98 Å². The first-order chi connectivity index (χ1) is 13.8. The summed E-state index contributed by atoms with van der Waals surface area (Å²) in [6.45, 7) is 1.39. The van der Waals surface area contributed by atoms with Gasteiger partial charge in [-0.05, 0) is 43.2 Å². The number of rotatable bonds is 3. The average Bonchev–Trinajstić information content (AvgIpc) is 2.66. The van der Waals surface area contributed by atoms with Crippen LogP contribution in [0.25, 0.3) is 11.0 Å². The summed E-state index contributed by atoms with van der Waals surface area (Å²) in [5, 5.41) is 2.85. The first-order valence-corrected chi connectivity index (χ1v) is 9.18. The SMILES string of the molecule is Cl.Cl.Nc1cc(Nc2nc(N3CCCC(N)C3)c3ncccc3n2)cc(C(F)(F)F)c1. The smallest absolute Gasteiger partial charge is 0.399 e. The molecule has 168 valence electrons. The third kappa shape index (κ3) is 5.57. The Morgan fingerprint density at radius 3 is 2.61 bits per heavy atom. The van der Waals surface area contributed by atoms with Crippen LogP contribution >= 0.6 is 24.8 Å². The Morgan fingerprint density at radius 1 is 1.13 bits per heavy atom. The van der Waals surface area contributed by atoms with E-state index in [1.807, 2.05) is 4.90 Å². The zero-order chi connectivity index (χ0) is 20.6. The van der Waals surface area contributed by atoms with Crippen molar-refractivity contribution >= 4 is 59.0 Å². The van der Waals surface area contributed by atoms with Gasteiger partial charge in [0.2, 0.25) is 5.95 Å². The lowest BCUT2D eigenvalue weighted by molar-refractivity contribution is -0.137. The predicted octanol–water partition coefficient (Wildman–Crippen LogP) is 4.14. The lowest BCUT2D eigenvalue weighted by atomic mass is 10.1. The third-order valence-electron chi connectivity index (χ3n) is 4.73. The van der Waals surface area contributed by atoms with Crippen LogP contribution in [0.3, 0.4) is 0 Å². The fourth-order valence-corrected chi connectivity index (χ4v) is 3.45. The van der Waals surface area contributed by atoms with Crippen molar-refractivity contribution in [2.24, 2.45) is 5.73 Å². The summed E-state index contributed by atoms with van der Waals surface area (Å²) in [5.41, 5.74) is 12.3. The van der Waals surface area contributed by atoms with E-state index in [1.165, 1.54) is 6.07 Å². The van der Waals surface area contributed by atoms with E-state index in [-0.39, 0.29) is 48.2 Å². The molecule has 0 aliphatic carbocycles. The van der Waals surface area contributed by atoms with Crippen molar-refractivity contribution in [2.75, 3.05) is 29.0 Å². The third-order valence-corrected chi connectivity index (χ3v) is 4.73. The zero-order valence-corrected chi connectivity index (χ0v) is 17.9. The van der Waals surface area contributed by atoms with E-state index < -0.39 is 11.7 Å². The molecule has 3 aromatic rings. The molecule has 1 fully saturated rings. The number of nitrogen functional groups attached to an aromatic ring is 1. The Bertz CT molecular complexity index is 1050. The highest BCUT2D eigenvalue weighted by Gasteiger charge is 2.31. The minimum atomic E-state index is -4.50. The monoisotopic (exact) mass is 475 g/mol. The standard InChI is InChI=1S/C19H20F3N7.2ClH/c20-19(21,22)11-7-13(24)9-14(8-11)26-18-27-15-4-1-5-25-16(15)17(28-18)29-6-2-3-12(23)10-29;;/h1,4-5,7-9,12H,2-3,6,10,23-24H2,(H,26,27,28);2*1H. The lowest BCUT2D eigenvalue weighted by Gasteiger charge is -2.32. The topological polar surface area (TPSA) is 106 Å². The van der Waals surface area contributed by atoms with Gasteiger partial charge in [0, 0.05) is 36.7 Å². The molecule has 0 radical (unpaired) electrons. The van der Waals surface area contributed by atoms with Crippen molar-refractivity contribution in [3.05, 3.63) is 42.1 Å². The summed E-state index contributed by atoms with van der Waals surface area (Å²) < 4.78 is 39.3. The number of benzene rings is 1. The lowest BCUT2D eigenvalue weighted by Crippen LogP contribution is -2.43. The van der Waals surface area contributed by atoms with E-state index in [1.54, 1.807) is 18.3 Å². The number of aromatic nitrogens is 3. The molecular formula is C19H22Cl2F3N7. The maximum absolute atomic E-state index is 13.1. The molecule has 4 rings (SSSR count). The number of fused-ring (bicyclic) bond motifs is 1. The fourth-order valence-electron chi connectivity index (χ4n) is 3.45. The van der Waals surface area contributed by atoms with Crippen LogP contribution in [0.5, 0.6) is 0 Å². The normalized spacial score (nSPS) is 16.4. The van der Waals surface area contributed by atoms with E-state index in [9.17, 15) is 13.2 Å². The van der Waals surface area contributed by atoms with Gasteiger partial charge in [0.1, 0.15) is 5.52 Å². The van der Waals surface area contributed by atoms with E-state index in [4.69, 9.17) is 11.5 Å². The van der Waals surface area contributed by atoms with Gasteiger partial charge in [-0.2, -0.15) is 18.2 Å². The number of halogens is 5. The van der Waals surface area contributed by atoms with Crippen molar-refractivity contribution in [1.29, 1.82) is 0 Å². The molecule has 0 amide bonds. The predicted molar refractivity (Wildman–Crippen MR) is 120 cm³/mol. The van der Waals surface area contributed by atoms with Crippen molar-refractivity contribution in [2.45, 2.75) is 25.1 Å². The number of piperidine rings is 1. The summed E-state index contributed by atoms with van der Waals surface area (Å²) in [7, 11) is 0. The number of nitrogens with two attached hydrogens (primary N) is 2. The minimum absolute atomic E-state index is 0. The van der Waals surface area contributed by atoms with Crippen LogP contribution in [-0.2, 0) is 6.18 Å². The van der Waals surface area contributed by atoms with Crippen molar-refractivity contribution in [1.82, 2.24) is 15.0 Å². The van der Waals surface area contributed by atoms with Crippen molar-refractivity contribution in [3.8, 4) is 0 Å². The van der Waals surface area contributed by atoms with E-state index >= 15 is 0 Å². The van der Waals surface area contributed by atoms with Crippen molar-refractivity contribution in [3.63, 3.8) is 0 Å². The van der Waals surface area contributed by atoms with Crippen molar-refractivity contribution < 1.29 is 13.2 Å². The highest BCUT2D eigenvalue weighted by Crippen LogP contribution is 2.34. The summed E-state index contributed by atoms with van der Waals surface area (Å²) in [6, 6.07) is 6.82. The Labute approximate surface area is 189 Å². The maximum atomic E-state index is 13.1. The zero-order valence-electron chi connectivity index (χ0n) is 16.3. The molecule has 0 bridgehead atoms. The van der Waals surface area contributed by atoms with Gasteiger partial charge in [-0.15, -0.1) is 24.8 Å². The Balaban J connectivity index is 0.00000171. The highest BCUT2D eigenvalue weighted by molar-refractivity contribution is 5.87. The molecule has 2 aromatic heterocycles. The van der Waals surface area contributed by atoms with E-state index in [2.05, 4.69) is 20.3 Å². The van der Waals surface area contributed by atoms with Gasteiger partial charge in [-0.1, -0.05) is 0 Å². The van der Waals surface area contributed by atoms with Crippen LogP contribution in [0.4, 0.5) is 36.3 Å². The highest BCUT2D eigenvalue weighted by atomic mass is 35.5. The van der Waals surface area contributed by atoms with Gasteiger partial charge in [0.25, 0.3) is 0 Å². The maximum Gasteiger partial charge on any atom is 0.416 e. The van der Waals surface area contributed by atoms with E-state index in [0.29, 0.717) is 23.4 Å². The second-order valence-electron chi connectivity index (χ2n) is 7.06. The molecule has 1 aliphatic heterocycles. The number of pyridine rings is 1. The molecule has 1 atom stereocenters. The van der Waals surface area contributed by atoms with Gasteiger partial charge in [0.05, 0.1) is 11.1 Å².